The maximum Gasteiger partial charge on any atom is 0.406 e. The molecule has 0 saturated carbocycles. The Labute approximate surface area is 191 Å². The molecule has 5 rings (SSSR count). The maximum absolute atomic E-state index is 13.4. The van der Waals surface area contributed by atoms with Gasteiger partial charge >= 0.3 is 6.09 Å². The largest absolute Gasteiger partial charge is 0.465 e. The highest BCUT2D eigenvalue weighted by Gasteiger charge is 2.29. The van der Waals surface area contributed by atoms with E-state index in [-0.39, 0.29) is 11.4 Å². The molecule has 1 atom stereocenters. The van der Waals surface area contributed by atoms with Crippen LogP contribution in [0.1, 0.15) is 22.3 Å². The summed E-state index contributed by atoms with van der Waals surface area (Å²) in [6.45, 7) is 0. The van der Waals surface area contributed by atoms with Crippen molar-refractivity contribution in [2.45, 2.75) is 6.17 Å². The molecule has 0 saturated heterocycles. The lowest BCUT2D eigenvalue weighted by molar-refractivity contribution is -0.120. The van der Waals surface area contributed by atoms with Crippen LogP contribution in [0.2, 0.25) is 0 Å². The van der Waals surface area contributed by atoms with Crippen LogP contribution in [-0.2, 0) is 4.79 Å². The molecule has 2 amide bonds. The van der Waals surface area contributed by atoms with E-state index in [1.54, 1.807) is 78.9 Å². The van der Waals surface area contributed by atoms with E-state index in [2.05, 4.69) is 20.9 Å². The molecule has 2 heterocycles. The number of furan rings is 1. The van der Waals surface area contributed by atoms with Crippen molar-refractivity contribution in [3.8, 4) is 0 Å². The Morgan fingerprint density at radius 3 is 2.41 bits per heavy atom. The number of amides is 2. The summed E-state index contributed by atoms with van der Waals surface area (Å²) in [6.07, 6.45) is -2.89. The van der Waals surface area contributed by atoms with Gasteiger partial charge in [0.2, 0.25) is 11.9 Å². The summed E-state index contributed by atoms with van der Waals surface area (Å²) in [5.74, 6) is -1.27. The standard InChI is InChI=1S/C24H17N5O5/c30-20(14-8-2-1-3-9-14)21-19(15-10-4-7-13-18(15)34-21)25-23(31)22(26-24(32)33)29-17-12-6-5-11-16(17)27-28-29/h1-13,22,26H,(H,25,31)(H,32,33). The van der Waals surface area contributed by atoms with E-state index in [1.807, 2.05) is 0 Å². The van der Waals surface area contributed by atoms with Crippen molar-refractivity contribution < 1.29 is 23.9 Å². The molecule has 168 valence electrons. The fourth-order valence-corrected chi connectivity index (χ4v) is 3.67. The number of anilines is 1. The average Bonchev–Trinajstić information content (AvgIpc) is 3.44. The molecule has 0 aliphatic heterocycles. The lowest BCUT2D eigenvalue weighted by atomic mass is 10.1. The van der Waals surface area contributed by atoms with Crippen LogP contribution in [-0.4, -0.2) is 37.9 Å². The number of para-hydroxylation sites is 2. The molecule has 0 radical (unpaired) electrons. The summed E-state index contributed by atoms with van der Waals surface area (Å²) >= 11 is 0. The predicted molar refractivity (Wildman–Crippen MR) is 122 cm³/mol. The highest BCUT2D eigenvalue weighted by atomic mass is 16.4. The number of ketones is 1. The van der Waals surface area contributed by atoms with Crippen molar-refractivity contribution in [2.75, 3.05) is 5.32 Å². The first kappa shape index (κ1) is 20.9. The van der Waals surface area contributed by atoms with Crippen LogP contribution >= 0.6 is 0 Å². The smallest absolute Gasteiger partial charge is 0.406 e. The third kappa shape index (κ3) is 3.73. The quantitative estimate of drug-likeness (QED) is 0.331. The molecule has 0 aliphatic carbocycles. The minimum absolute atomic E-state index is 0.0710. The third-order valence-corrected chi connectivity index (χ3v) is 5.22. The van der Waals surface area contributed by atoms with Crippen LogP contribution in [0.3, 0.4) is 0 Å². The summed E-state index contributed by atoms with van der Waals surface area (Å²) in [6, 6.07) is 22.2. The van der Waals surface area contributed by atoms with Gasteiger partial charge in [0.15, 0.2) is 5.76 Å². The van der Waals surface area contributed by atoms with E-state index in [4.69, 9.17) is 4.42 Å². The predicted octanol–water partition coefficient (Wildman–Crippen LogP) is 3.81. The number of nitrogens with zero attached hydrogens (tertiary/aromatic N) is 3. The first-order valence-corrected chi connectivity index (χ1v) is 10.2. The second kappa shape index (κ2) is 8.51. The topological polar surface area (TPSA) is 139 Å². The number of benzene rings is 3. The van der Waals surface area contributed by atoms with E-state index in [0.29, 0.717) is 27.6 Å². The van der Waals surface area contributed by atoms with Gasteiger partial charge in [-0.1, -0.05) is 59.8 Å². The van der Waals surface area contributed by atoms with Crippen LogP contribution in [0.4, 0.5) is 10.5 Å². The molecule has 0 aliphatic rings. The lowest BCUT2D eigenvalue weighted by Gasteiger charge is -2.17. The van der Waals surface area contributed by atoms with Crippen molar-refractivity contribution >= 4 is 45.5 Å². The SMILES string of the molecule is O=C(O)NC(C(=O)Nc1c(C(=O)c2ccccc2)oc2ccccc12)n1nnc2ccccc21. The van der Waals surface area contributed by atoms with Gasteiger partial charge in [-0.15, -0.1) is 5.10 Å². The first-order chi connectivity index (χ1) is 16.5. The van der Waals surface area contributed by atoms with Gasteiger partial charge in [0.1, 0.15) is 11.1 Å². The van der Waals surface area contributed by atoms with Crippen molar-refractivity contribution in [1.82, 2.24) is 20.3 Å². The zero-order chi connectivity index (χ0) is 23.7. The van der Waals surface area contributed by atoms with Crippen LogP contribution in [0, 0.1) is 0 Å². The molecule has 3 N–H and O–H groups in total. The van der Waals surface area contributed by atoms with E-state index in [1.165, 1.54) is 4.68 Å². The number of carbonyl (C=O) groups is 3. The van der Waals surface area contributed by atoms with E-state index < -0.39 is 23.9 Å². The van der Waals surface area contributed by atoms with Crippen molar-refractivity contribution in [3.05, 3.63) is 90.2 Å². The molecule has 5 aromatic rings. The molecule has 34 heavy (non-hydrogen) atoms. The number of carboxylic acid groups (broad SMARTS) is 1. The molecule has 3 aromatic carbocycles. The van der Waals surface area contributed by atoms with Crippen LogP contribution < -0.4 is 10.6 Å². The number of fused-ring (bicyclic) bond motifs is 2. The second-order valence-corrected chi connectivity index (χ2v) is 7.36. The lowest BCUT2D eigenvalue weighted by Crippen LogP contribution is -2.40. The summed E-state index contributed by atoms with van der Waals surface area (Å²) in [5.41, 5.74) is 1.84. The zero-order valence-corrected chi connectivity index (χ0v) is 17.5. The van der Waals surface area contributed by atoms with Gasteiger partial charge in [-0.05, 0) is 24.3 Å². The zero-order valence-electron chi connectivity index (χ0n) is 17.5. The minimum atomic E-state index is -1.46. The third-order valence-electron chi connectivity index (χ3n) is 5.22. The van der Waals surface area contributed by atoms with Crippen LogP contribution in [0.5, 0.6) is 0 Å². The molecule has 0 bridgehead atoms. The number of nitrogens with one attached hydrogen (secondary N) is 2. The Bertz CT molecular complexity index is 1540. The Hall–Kier alpha value is -4.99. The van der Waals surface area contributed by atoms with Gasteiger partial charge in [-0.2, -0.15) is 0 Å². The summed E-state index contributed by atoms with van der Waals surface area (Å²) in [7, 11) is 0. The van der Waals surface area contributed by atoms with Crippen LogP contribution in [0.25, 0.3) is 22.0 Å². The average molecular weight is 455 g/mol. The number of hydrogen-bond acceptors (Lipinski definition) is 6. The normalized spacial score (nSPS) is 11.9. The summed E-state index contributed by atoms with van der Waals surface area (Å²) < 4.78 is 6.97. The van der Waals surface area contributed by atoms with Gasteiger partial charge in [0.25, 0.3) is 5.91 Å². The van der Waals surface area contributed by atoms with Gasteiger partial charge in [-0.25, -0.2) is 9.48 Å². The molecule has 2 aromatic heterocycles. The number of aromatic nitrogens is 3. The summed E-state index contributed by atoms with van der Waals surface area (Å²) in [5, 5.41) is 22.6. The van der Waals surface area contributed by atoms with Gasteiger partial charge in [0.05, 0.1) is 11.2 Å². The number of carbonyl (C=O) groups excluding carboxylic acids is 2. The fourth-order valence-electron chi connectivity index (χ4n) is 3.67. The first-order valence-electron chi connectivity index (χ1n) is 10.2. The number of hydrogen-bond donors (Lipinski definition) is 3. The van der Waals surface area contributed by atoms with Gasteiger partial charge in [-0.3, -0.25) is 14.9 Å². The molecule has 0 fully saturated rings. The fraction of sp³-hybridized carbons (Fsp3) is 0.0417. The molecule has 10 heteroatoms. The van der Waals surface area contributed by atoms with Gasteiger partial charge < -0.3 is 14.8 Å². The molecule has 10 nitrogen and oxygen atoms in total. The highest BCUT2D eigenvalue weighted by molar-refractivity contribution is 6.17. The molecular weight excluding hydrogens is 438 g/mol. The minimum Gasteiger partial charge on any atom is -0.465 e. The van der Waals surface area contributed by atoms with E-state index in [9.17, 15) is 19.5 Å². The van der Waals surface area contributed by atoms with Crippen LogP contribution in [0.15, 0.2) is 83.3 Å². The Kier molecular flexibility index (Phi) is 5.23. The van der Waals surface area contributed by atoms with Crippen molar-refractivity contribution in [3.63, 3.8) is 0 Å². The Balaban J connectivity index is 1.58. The van der Waals surface area contributed by atoms with Gasteiger partial charge in [0, 0.05) is 10.9 Å². The monoisotopic (exact) mass is 455 g/mol. The Morgan fingerprint density at radius 1 is 0.912 bits per heavy atom. The highest BCUT2D eigenvalue weighted by Crippen LogP contribution is 2.33. The van der Waals surface area contributed by atoms with Crippen molar-refractivity contribution in [1.29, 1.82) is 0 Å². The van der Waals surface area contributed by atoms with E-state index in [0.717, 1.165) is 0 Å². The summed E-state index contributed by atoms with van der Waals surface area (Å²) in [4.78, 5) is 38.0. The van der Waals surface area contributed by atoms with E-state index >= 15 is 0 Å². The molecular formula is C24H17N5O5. The molecule has 1 unspecified atom stereocenters. The van der Waals surface area contributed by atoms with Crippen molar-refractivity contribution in [2.24, 2.45) is 0 Å². The Morgan fingerprint density at radius 2 is 1.62 bits per heavy atom. The number of rotatable bonds is 6. The molecule has 0 spiro atoms. The maximum atomic E-state index is 13.4. The second-order valence-electron chi connectivity index (χ2n) is 7.36.